The first-order valence-corrected chi connectivity index (χ1v) is 4.96. The van der Waals surface area contributed by atoms with Gasteiger partial charge < -0.3 is 4.90 Å². The lowest BCUT2D eigenvalue weighted by atomic mass is 9.96. The summed E-state index contributed by atoms with van der Waals surface area (Å²) in [6, 6.07) is 0. The van der Waals surface area contributed by atoms with E-state index in [1.807, 2.05) is 0 Å². The molecule has 0 amide bonds. The molecule has 0 aliphatic carbocycles. The van der Waals surface area contributed by atoms with Crippen molar-refractivity contribution < 1.29 is 0 Å². The lowest BCUT2D eigenvalue weighted by Crippen LogP contribution is -2.33. The summed E-state index contributed by atoms with van der Waals surface area (Å²) in [5.74, 6) is 0.962. The molecule has 0 N–H and O–H groups in total. The van der Waals surface area contributed by atoms with Crippen LogP contribution in [-0.2, 0) is 0 Å². The molecular weight excluding hydrogens is 154 g/mol. The third kappa shape index (κ3) is 6.70. The zero-order chi connectivity index (χ0) is 8.91. The molecule has 11 heavy (non-hydrogen) atoms. The van der Waals surface area contributed by atoms with Crippen molar-refractivity contribution in [2.45, 2.75) is 27.7 Å². The molecule has 0 heterocycles. The molecule has 0 aliphatic rings. The highest BCUT2D eigenvalue weighted by atomic mass is 32.1. The van der Waals surface area contributed by atoms with E-state index in [0.29, 0.717) is 5.41 Å². The molecule has 0 aromatic rings. The molecule has 68 valence electrons. The van der Waals surface area contributed by atoms with Gasteiger partial charge in [0.05, 0.1) is 0 Å². The fourth-order valence-corrected chi connectivity index (χ4v) is 1.44. The van der Waals surface area contributed by atoms with Gasteiger partial charge in [0.15, 0.2) is 0 Å². The Bertz CT molecular complexity index is 96.2. The third-order valence-corrected chi connectivity index (χ3v) is 1.76. The van der Waals surface area contributed by atoms with Crippen molar-refractivity contribution in [2.24, 2.45) is 5.41 Å². The molecule has 0 unspecified atom stereocenters. The molecule has 2 heteroatoms. The number of hydrogen-bond donors (Lipinski definition) is 1. The van der Waals surface area contributed by atoms with Crippen molar-refractivity contribution >= 4 is 12.6 Å². The quantitative estimate of drug-likeness (QED) is 0.642. The maximum absolute atomic E-state index is 4.22. The summed E-state index contributed by atoms with van der Waals surface area (Å²) >= 11 is 4.22. The van der Waals surface area contributed by atoms with Crippen molar-refractivity contribution in [2.75, 3.05) is 25.4 Å². The van der Waals surface area contributed by atoms with Crippen molar-refractivity contribution in [3.8, 4) is 0 Å². The normalized spacial score (nSPS) is 12.5. The van der Waals surface area contributed by atoms with Crippen LogP contribution in [0.25, 0.3) is 0 Å². The minimum absolute atomic E-state index is 0.416. The van der Waals surface area contributed by atoms with E-state index in [9.17, 15) is 0 Å². The molecular formula is C9H21NS. The second-order valence-electron chi connectivity index (χ2n) is 4.15. The summed E-state index contributed by atoms with van der Waals surface area (Å²) in [7, 11) is 0. The van der Waals surface area contributed by atoms with E-state index in [2.05, 4.69) is 45.2 Å². The van der Waals surface area contributed by atoms with Crippen molar-refractivity contribution in [3.63, 3.8) is 0 Å². The highest BCUT2D eigenvalue weighted by molar-refractivity contribution is 7.80. The van der Waals surface area contributed by atoms with E-state index in [0.717, 1.165) is 18.8 Å². The first-order chi connectivity index (χ1) is 4.99. The average molecular weight is 175 g/mol. The Morgan fingerprint density at radius 2 is 1.82 bits per heavy atom. The first kappa shape index (κ1) is 11.3. The van der Waals surface area contributed by atoms with Crippen LogP contribution in [0, 0.1) is 5.41 Å². The summed E-state index contributed by atoms with van der Waals surface area (Å²) in [6.45, 7) is 12.4. The second kappa shape index (κ2) is 5.04. The minimum Gasteiger partial charge on any atom is -0.302 e. The highest BCUT2D eigenvalue weighted by Gasteiger charge is 2.13. The Balaban J connectivity index is 3.68. The summed E-state index contributed by atoms with van der Waals surface area (Å²) < 4.78 is 0. The molecule has 0 atom stereocenters. The van der Waals surface area contributed by atoms with Gasteiger partial charge in [-0.15, -0.1) is 0 Å². The predicted molar refractivity (Wildman–Crippen MR) is 55.4 cm³/mol. The van der Waals surface area contributed by atoms with Crippen LogP contribution in [0.15, 0.2) is 0 Å². The Hall–Kier alpha value is 0.310. The minimum atomic E-state index is 0.416. The van der Waals surface area contributed by atoms with Crippen molar-refractivity contribution in [3.05, 3.63) is 0 Å². The Labute approximate surface area is 76.6 Å². The van der Waals surface area contributed by atoms with Gasteiger partial charge in [-0.2, -0.15) is 12.6 Å². The molecule has 0 spiro atoms. The lowest BCUT2D eigenvalue weighted by Gasteiger charge is -2.28. The number of rotatable bonds is 4. The van der Waals surface area contributed by atoms with E-state index < -0.39 is 0 Å². The van der Waals surface area contributed by atoms with E-state index in [1.54, 1.807) is 0 Å². The Morgan fingerprint density at radius 1 is 1.27 bits per heavy atom. The van der Waals surface area contributed by atoms with Gasteiger partial charge in [-0.1, -0.05) is 27.7 Å². The van der Waals surface area contributed by atoms with Crippen molar-refractivity contribution in [1.82, 2.24) is 4.90 Å². The lowest BCUT2D eigenvalue weighted by molar-refractivity contribution is 0.209. The zero-order valence-corrected chi connectivity index (χ0v) is 9.12. The zero-order valence-electron chi connectivity index (χ0n) is 8.22. The molecule has 0 aromatic carbocycles. The summed E-state index contributed by atoms with van der Waals surface area (Å²) in [4.78, 5) is 2.44. The molecule has 0 fully saturated rings. The largest absolute Gasteiger partial charge is 0.302 e. The molecule has 0 saturated heterocycles. The summed E-state index contributed by atoms with van der Waals surface area (Å²) in [5.41, 5.74) is 0.416. The van der Waals surface area contributed by atoms with Gasteiger partial charge in [-0.05, 0) is 12.0 Å². The maximum atomic E-state index is 4.22. The topological polar surface area (TPSA) is 3.24 Å². The number of nitrogens with zero attached hydrogens (tertiary/aromatic N) is 1. The van der Waals surface area contributed by atoms with Crippen LogP contribution in [0.4, 0.5) is 0 Å². The van der Waals surface area contributed by atoms with Gasteiger partial charge in [-0.3, -0.25) is 0 Å². The van der Waals surface area contributed by atoms with E-state index in [1.165, 1.54) is 6.54 Å². The Morgan fingerprint density at radius 3 is 2.09 bits per heavy atom. The molecule has 0 radical (unpaired) electrons. The van der Waals surface area contributed by atoms with E-state index >= 15 is 0 Å². The fourth-order valence-electron chi connectivity index (χ4n) is 1.16. The monoisotopic (exact) mass is 175 g/mol. The fraction of sp³-hybridized carbons (Fsp3) is 1.00. The average Bonchev–Trinajstić information content (AvgIpc) is 1.84. The van der Waals surface area contributed by atoms with E-state index in [-0.39, 0.29) is 0 Å². The van der Waals surface area contributed by atoms with Crippen LogP contribution in [0.5, 0.6) is 0 Å². The molecule has 0 bridgehead atoms. The van der Waals surface area contributed by atoms with Crippen molar-refractivity contribution in [1.29, 1.82) is 0 Å². The molecule has 1 nitrogen and oxygen atoms in total. The SMILES string of the molecule is CCN(CCS)CC(C)(C)C. The summed E-state index contributed by atoms with van der Waals surface area (Å²) in [6.07, 6.45) is 0. The smallest absolute Gasteiger partial charge is 0.00699 e. The van der Waals surface area contributed by atoms with Crippen LogP contribution in [0.1, 0.15) is 27.7 Å². The first-order valence-electron chi connectivity index (χ1n) is 4.33. The standard InChI is InChI=1S/C9H21NS/c1-5-10(6-7-11)8-9(2,3)4/h11H,5-8H2,1-4H3. The molecule has 0 saturated carbocycles. The van der Waals surface area contributed by atoms with Gasteiger partial charge >= 0.3 is 0 Å². The predicted octanol–water partition coefficient (Wildman–Crippen LogP) is 2.28. The van der Waals surface area contributed by atoms with Gasteiger partial charge in [0, 0.05) is 18.8 Å². The van der Waals surface area contributed by atoms with Gasteiger partial charge in [-0.25, -0.2) is 0 Å². The van der Waals surface area contributed by atoms with Crippen LogP contribution >= 0.6 is 12.6 Å². The molecule has 0 aromatic heterocycles. The highest BCUT2D eigenvalue weighted by Crippen LogP contribution is 2.14. The van der Waals surface area contributed by atoms with Crippen LogP contribution in [0.3, 0.4) is 0 Å². The van der Waals surface area contributed by atoms with Crippen LogP contribution in [0.2, 0.25) is 0 Å². The van der Waals surface area contributed by atoms with Gasteiger partial charge in [0.25, 0.3) is 0 Å². The second-order valence-corrected chi connectivity index (χ2v) is 4.60. The molecule has 0 aliphatic heterocycles. The van der Waals surface area contributed by atoms with Gasteiger partial charge in [0.1, 0.15) is 0 Å². The number of thiol groups is 1. The van der Waals surface area contributed by atoms with Crippen LogP contribution in [-0.4, -0.2) is 30.3 Å². The summed E-state index contributed by atoms with van der Waals surface area (Å²) in [5, 5.41) is 0. The number of hydrogen-bond acceptors (Lipinski definition) is 2. The van der Waals surface area contributed by atoms with Gasteiger partial charge in [0.2, 0.25) is 0 Å². The van der Waals surface area contributed by atoms with Crippen LogP contribution < -0.4 is 0 Å². The third-order valence-electron chi connectivity index (χ3n) is 1.56. The molecule has 0 rings (SSSR count). The maximum Gasteiger partial charge on any atom is 0.00699 e. The Kier molecular flexibility index (Phi) is 5.19. The van der Waals surface area contributed by atoms with E-state index in [4.69, 9.17) is 0 Å².